The second-order valence-electron chi connectivity index (χ2n) is 6.93. The molecule has 9 heteroatoms. The molecule has 3 aromatic carbocycles. The number of halogens is 1. The number of benzene rings is 3. The summed E-state index contributed by atoms with van der Waals surface area (Å²) in [5, 5.41) is 10.8. The first-order valence-corrected chi connectivity index (χ1v) is 10.8. The highest BCUT2D eigenvalue weighted by molar-refractivity contribution is 14.1. The van der Waals surface area contributed by atoms with E-state index in [-0.39, 0.29) is 17.3 Å². The number of carbonyl (C=O) groups excluding carboxylic acids is 1. The number of aliphatic imine (C=N–C) groups is 1. The zero-order chi connectivity index (χ0) is 23.4. The molecule has 1 aliphatic rings. The molecule has 8 nitrogen and oxygen atoms in total. The van der Waals surface area contributed by atoms with Crippen molar-refractivity contribution in [2.45, 2.75) is 6.61 Å². The summed E-state index contributed by atoms with van der Waals surface area (Å²) >= 11 is 2.26. The lowest BCUT2D eigenvalue weighted by atomic mass is 10.1. The Morgan fingerprint density at radius 1 is 1.09 bits per heavy atom. The van der Waals surface area contributed by atoms with Crippen molar-refractivity contribution in [2.75, 3.05) is 7.11 Å². The van der Waals surface area contributed by atoms with Gasteiger partial charge in [-0.3, -0.25) is 10.1 Å². The molecule has 0 N–H and O–H groups in total. The van der Waals surface area contributed by atoms with Gasteiger partial charge in [-0.1, -0.05) is 24.3 Å². The molecular formula is C24H17IN2O6. The summed E-state index contributed by atoms with van der Waals surface area (Å²) in [6.45, 7) is 0.394. The lowest BCUT2D eigenvalue weighted by Crippen LogP contribution is -2.05. The third-order valence-electron chi connectivity index (χ3n) is 4.78. The Hall–Kier alpha value is -3.73. The SMILES string of the molecule is COc1cc(/C=C2\N=C(c3ccc([N+](=O)[O-])cc3)OC2=O)ccc1OCc1ccccc1I. The number of hydrogen-bond donors (Lipinski definition) is 0. The van der Waals surface area contributed by atoms with Crippen LogP contribution in [0.4, 0.5) is 5.69 Å². The lowest BCUT2D eigenvalue weighted by Gasteiger charge is -2.12. The van der Waals surface area contributed by atoms with Crippen molar-refractivity contribution in [1.29, 1.82) is 0 Å². The van der Waals surface area contributed by atoms with E-state index in [9.17, 15) is 14.9 Å². The molecule has 3 aromatic rings. The fraction of sp³-hybridized carbons (Fsp3) is 0.0833. The first-order chi connectivity index (χ1) is 15.9. The van der Waals surface area contributed by atoms with Crippen LogP contribution >= 0.6 is 22.6 Å². The lowest BCUT2D eigenvalue weighted by molar-refractivity contribution is -0.384. The molecular weight excluding hydrogens is 539 g/mol. The van der Waals surface area contributed by atoms with Crippen molar-refractivity contribution in [1.82, 2.24) is 0 Å². The maximum Gasteiger partial charge on any atom is 0.363 e. The Labute approximate surface area is 202 Å². The molecule has 0 radical (unpaired) electrons. The zero-order valence-corrected chi connectivity index (χ0v) is 19.5. The fourth-order valence-electron chi connectivity index (χ4n) is 3.08. The van der Waals surface area contributed by atoms with Gasteiger partial charge < -0.3 is 14.2 Å². The van der Waals surface area contributed by atoms with Gasteiger partial charge in [0.15, 0.2) is 17.2 Å². The molecule has 0 fully saturated rings. The summed E-state index contributed by atoms with van der Waals surface area (Å²) < 4.78 is 17.7. The second kappa shape index (κ2) is 9.82. The molecule has 166 valence electrons. The Morgan fingerprint density at radius 2 is 1.85 bits per heavy atom. The Kier molecular flexibility index (Phi) is 6.68. The average Bonchev–Trinajstić information content (AvgIpc) is 3.19. The number of rotatable bonds is 7. The van der Waals surface area contributed by atoms with Gasteiger partial charge in [-0.25, -0.2) is 9.79 Å². The minimum absolute atomic E-state index is 0.0594. The number of nitro benzene ring substituents is 1. The van der Waals surface area contributed by atoms with Crippen LogP contribution in [0.2, 0.25) is 0 Å². The van der Waals surface area contributed by atoms with Crippen LogP contribution in [0.5, 0.6) is 11.5 Å². The van der Waals surface area contributed by atoms with E-state index in [1.165, 1.54) is 24.3 Å². The topological polar surface area (TPSA) is 100 Å². The number of ether oxygens (including phenoxy) is 3. The van der Waals surface area contributed by atoms with Crippen LogP contribution in [0.15, 0.2) is 77.4 Å². The molecule has 0 unspecified atom stereocenters. The smallest absolute Gasteiger partial charge is 0.363 e. The van der Waals surface area contributed by atoms with Crippen molar-refractivity contribution >= 4 is 46.2 Å². The summed E-state index contributed by atoms with van der Waals surface area (Å²) in [6, 6.07) is 18.8. The van der Waals surface area contributed by atoms with Gasteiger partial charge >= 0.3 is 5.97 Å². The number of non-ortho nitro benzene ring substituents is 1. The number of esters is 1. The Bertz CT molecular complexity index is 1280. The van der Waals surface area contributed by atoms with Crippen LogP contribution in [0.3, 0.4) is 0 Å². The van der Waals surface area contributed by atoms with Crippen molar-refractivity contribution in [3.8, 4) is 11.5 Å². The summed E-state index contributed by atoms with van der Waals surface area (Å²) in [4.78, 5) is 26.8. The van der Waals surface area contributed by atoms with Gasteiger partial charge in [0.1, 0.15) is 6.61 Å². The molecule has 4 rings (SSSR count). The fourth-order valence-corrected chi connectivity index (χ4v) is 3.62. The molecule has 0 amide bonds. The highest BCUT2D eigenvalue weighted by atomic mass is 127. The van der Waals surface area contributed by atoms with Gasteiger partial charge in [-0.15, -0.1) is 0 Å². The molecule has 33 heavy (non-hydrogen) atoms. The monoisotopic (exact) mass is 556 g/mol. The van der Waals surface area contributed by atoms with Gasteiger partial charge in [0.2, 0.25) is 5.90 Å². The number of nitro groups is 1. The van der Waals surface area contributed by atoms with E-state index in [4.69, 9.17) is 14.2 Å². The third kappa shape index (κ3) is 5.20. The predicted molar refractivity (Wildman–Crippen MR) is 130 cm³/mol. The zero-order valence-electron chi connectivity index (χ0n) is 17.4. The molecule has 1 aliphatic heterocycles. The van der Waals surface area contributed by atoms with Crippen molar-refractivity contribution in [2.24, 2.45) is 4.99 Å². The first-order valence-electron chi connectivity index (χ1n) is 9.76. The summed E-state index contributed by atoms with van der Waals surface area (Å²) in [5.41, 5.74) is 2.25. The van der Waals surface area contributed by atoms with Crippen LogP contribution in [0.1, 0.15) is 16.7 Å². The number of cyclic esters (lactones) is 1. The molecule has 0 saturated heterocycles. The van der Waals surface area contributed by atoms with Gasteiger partial charge in [-0.2, -0.15) is 0 Å². The van der Waals surface area contributed by atoms with Crippen LogP contribution in [0, 0.1) is 13.7 Å². The van der Waals surface area contributed by atoms with Crippen LogP contribution in [-0.4, -0.2) is 23.9 Å². The van der Waals surface area contributed by atoms with Gasteiger partial charge in [0.25, 0.3) is 5.69 Å². The van der Waals surface area contributed by atoms with E-state index in [0.717, 1.165) is 9.13 Å². The van der Waals surface area contributed by atoms with E-state index >= 15 is 0 Å². The van der Waals surface area contributed by atoms with E-state index < -0.39 is 10.9 Å². The van der Waals surface area contributed by atoms with E-state index in [2.05, 4.69) is 27.6 Å². The van der Waals surface area contributed by atoms with Crippen molar-refractivity contribution in [3.63, 3.8) is 0 Å². The predicted octanol–water partition coefficient (Wildman–Crippen LogP) is 5.13. The minimum atomic E-state index is -0.610. The highest BCUT2D eigenvalue weighted by Gasteiger charge is 2.24. The average molecular weight is 556 g/mol. The first kappa shape index (κ1) is 22.5. The van der Waals surface area contributed by atoms with Crippen LogP contribution in [0.25, 0.3) is 6.08 Å². The molecule has 0 aliphatic carbocycles. The number of nitrogens with zero attached hydrogens (tertiary/aromatic N) is 2. The highest BCUT2D eigenvalue weighted by Crippen LogP contribution is 2.31. The third-order valence-corrected chi connectivity index (χ3v) is 5.83. The molecule has 0 aromatic heterocycles. The molecule has 1 heterocycles. The second-order valence-corrected chi connectivity index (χ2v) is 8.09. The summed E-state index contributed by atoms with van der Waals surface area (Å²) in [6.07, 6.45) is 1.58. The number of hydrogen-bond acceptors (Lipinski definition) is 7. The summed E-state index contributed by atoms with van der Waals surface area (Å²) in [7, 11) is 1.54. The number of carbonyl (C=O) groups is 1. The Balaban J connectivity index is 1.53. The van der Waals surface area contributed by atoms with E-state index in [1.807, 2.05) is 24.3 Å². The molecule has 0 atom stereocenters. The van der Waals surface area contributed by atoms with Gasteiger partial charge in [-0.05, 0) is 64.6 Å². The maximum absolute atomic E-state index is 12.3. The van der Waals surface area contributed by atoms with Crippen LogP contribution < -0.4 is 9.47 Å². The van der Waals surface area contributed by atoms with E-state index in [0.29, 0.717) is 29.2 Å². The largest absolute Gasteiger partial charge is 0.493 e. The van der Waals surface area contributed by atoms with Gasteiger partial charge in [0, 0.05) is 26.8 Å². The molecule has 0 bridgehead atoms. The Morgan fingerprint density at radius 3 is 2.55 bits per heavy atom. The number of methoxy groups -OCH3 is 1. The normalized spacial score (nSPS) is 14.1. The van der Waals surface area contributed by atoms with E-state index in [1.54, 1.807) is 31.4 Å². The standard InChI is InChI=1S/C24H17IN2O6/c1-31-22-13-15(6-11-21(22)32-14-17-4-2-3-5-19(17)25)12-20-24(28)33-23(26-20)16-7-9-18(10-8-16)27(29)30/h2-13H,14H2,1H3/b20-12-. The summed E-state index contributed by atoms with van der Waals surface area (Å²) in [5.74, 6) is 0.566. The minimum Gasteiger partial charge on any atom is -0.493 e. The van der Waals surface area contributed by atoms with Crippen molar-refractivity contribution in [3.05, 3.63) is 103 Å². The quantitative estimate of drug-likeness (QED) is 0.132. The van der Waals surface area contributed by atoms with Gasteiger partial charge in [0.05, 0.1) is 12.0 Å². The van der Waals surface area contributed by atoms with Crippen molar-refractivity contribution < 1.29 is 23.9 Å². The molecule has 0 spiro atoms. The maximum atomic E-state index is 12.3. The molecule has 0 saturated carbocycles. The van der Waals surface area contributed by atoms with Crippen LogP contribution in [-0.2, 0) is 16.1 Å².